The lowest BCUT2D eigenvalue weighted by molar-refractivity contribution is -0.127. The van der Waals surface area contributed by atoms with E-state index in [0.717, 1.165) is 11.3 Å². The van der Waals surface area contributed by atoms with E-state index in [9.17, 15) is 9.59 Å². The van der Waals surface area contributed by atoms with Gasteiger partial charge < -0.3 is 15.5 Å². The number of hydrogen-bond acceptors (Lipinski definition) is 2. The van der Waals surface area contributed by atoms with E-state index in [2.05, 4.69) is 10.6 Å². The first-order chi connectivity index (χ1) is 10.5. The fourth-order valence-corrected chi connectivity index (χ4v) is 1.85. The summed E-state index contributed by atoms with van der Waals surface area (Å²) in [6.45, 7) is 0. The Bertz CT molecular complexity index is 637. The van der Waals surface area contributed by atoms with Crippen molar-refractivity contribution in [3.63, 3.8) is 0 Å². The van der Waals surface area contributed by atoms with E-state index in [1.807, 2.05) is 42.5 Å². The fourth-order valence-electron chi connectivity index (χ4n) is 1.85. The zero-order valence-corrected chi connectivity index (χ0v) is 12.7. The molecule has 2 aromatic carbocycles. The van der Waals surface area contributed by atoms with E-state index in [4.69, 9.17) is 0 Å². The van der Waals surface area contributed by atoms with Gasteiger partial charge in [-0.3, -0.25) is 4.79 Å². The topological polar surface area (TPSA) is 61.4 Å². The van der Waals surface area contributed by atoms with Crippen LogP contribution in [0.15, 0.2) is 54.6 Å². The number of likely N-dealkylation sites (N-methyl/N-ethyl adjacent to an activating group) is 1. The van der Waals surface area contributed by atoms with E-state index in [-0.39, 0.29) is 11.9 Å². The maximum absolute atomic E-state index is 11.9. The van der Waals surface area contributed by atoms with Gasteiger partial charge in [-0.1, -0.05) is 30.3 Å². The molecule has 0 aliphatic rings. The maximum atomic E-state index is 11.9. The van der Waals surface area contributed by atoms with Crippen molar-refractivity contribution < 1.29 is 9.59 Å². The van der Waals surface area contributed by atoms with Gasteiger partial charge >= 0.3 is 6.03 Å². The van der Waals surface area contributed by atoms with Gasteiger partial charge in [0.15, 0.2) is 0 Å². The number of amides is 3. The highest BCUT2D eigenvalue weighted by Crippen LogP contribution is 2.12. The average Bonchev–Trinajstić information content (AvgIpc) is 2.50. The standard InChI is InChI=1S/C17H19N3O2/c1-20(2)16(21)12-13-8-10-15(11-9-13)19-17(22)18-14-6-4-3-5-7-14/h3-11H,12H2,1-2H3,(H2,18,19,22). The van der Waals surface area contributed by atoms with Crippen molar-refractivity contribution in [1.29, 1.82) is 0 Å². The summed E-state index contributed by atoms with van der Waals surface area (Å²) in [7, 11) is 3.46. The third-order valence-electron chi connectivity index (χ3n) is 3.10. The molecule has 0 heterocycles. The number of carbonyl (C=O) groups excluding carboxylic acids is 2. The minimum absolute atomic E-state index is 0.0440. The van der Waals surface area contributed by atoms with Crippen LogP contribution in [0.4, 0.5) is 16.2 Å². The Balaban J connectivity index is 1.91. The Kier molecular flexibility index (Phi) is 5.14. The monoisotopic (exact) mass is 297 g/mol. The van der Waals surface area contributed by atoms with E-state index < -0.39 is 0 Å². The Morgan fingerprint density at radius 1 is 0.864 bits per heavy atom. The van der Waals surface area contributed by atoms with Gasteiger partial charge in [-0.05, 0) is 29.8 Å². The first-order valence-electron chi connectivity index (χ1n) is 6.97. The lowest BCUT2D eigenvalue weighted by Gasteiger charge is -2.11. The SMILES string of the molecule is CN(C)C(=O)Cc1ccc(NC(=O)Nc2ccccc2)cc1. The van der Waals surface area contributed by atoms with Gasteiger partial charge in [0.1, 0.15) is 0 Å². The molecule has 2 rings (SSSR count). The van der Waals surface area contributed by atoms with E-state index in [1.54, 1.807) is 31.1 Å². The first kappa shape index (κ1) is 15.6. The van der Waals surface area contributed by atoms with Crippen LogP contribution in [0.3, 0.4) is 0 Å². The Labute approximate surface area is 129 Å². The van der Waals surface area contributed by atoms with Gasteiger partial charge in [-0.25, -0.2) is 4.79 Å². The second-order valence-corrected chi connectivity index (χ2v) is 5.11. The van der Waals surface area contributed by atoms with Crippen LogP contribution in [-0.2, 0) is 11.2 Å². The molecule has 2 N–H and O–H groups in total. The fraction of sp³-hybridized carbons (Fsp3) is 0.176. The zero-order chi connectivity index (χ0) is 15.9. The molecule has 0 bridgehead atoms. The minimum Gasteiger partial charge on any atom is -0.349 e. The molecule has 5 heteroatoms. The Morgan fingerprint density at radius 3 is 1.95 bits per heavy atom. The molecule has 0 spiro atoms. The summed E-state index contributed by atoms with van der Waals surface area (Å²) < 4.78 is 0. The third kappa shape index (κ3) is 4.63. The summed E-state index contributed by atoms with van der Waals surface area (Å²) in [5.41, 5.74) is 2.32. The van der Waals surface area contributed by atoms with Gasteiger partial charge in [0.05, 0.1) is 6.42 Å². The maximum Gasteiger partial charge on any atom is 0.323 e. The number of urea groups is 1. The molecule has 2 aromatic rings. The van der Waals surface area contributed by atoms with Gasteiger partial charge in [0, 0.05) is 25.5 Å². The molecule has 0 radical (unpaired) electrons. The first-order valence-corrected chi connectivity index (χ1v) is 6.97. The lowest BCUT2D eigenvalue weighted by Crippen LogP contribution is -2.23. The molecular weight excluding hydrogens is 278 g/mol. The molecule has 3 amide bonds. The highest BCUT2D eigenvalue weighted by atomic mass is 16.2. The summed E-state index contributed by atoms with van der Waals surface area (Å²) in [5.74, 6) is 0.0440. The molecule has 0 atom stereocenters. The van der Waals surface area contributed by atoms with Crippen molar-refractivity contribution in [3.8, 4) is 0 Å². The second kappa shape index (κ2) is 7.26. The molecule has 0 fully saturated rings. The van der Waals surface area contributed by atoms with Crippen LogP contribution >= 0.6 is 0 Å². The van der Waals surface area contributed by atoms with Crippen molar-refractivity contribution in [1.82, 2.24) is 4.90 Å². The largest absolute Gasteiger partial charge is 0.349 e. The second-order valence-electron chi connectivity index (χ2n) is 5.11. The summed E-state index contributed by atoms with van der Waals surface area (Å²) >= 11 is 0. The van der Waals surface area contributed by atoms with Crippen LogP contribution in [0.2, 0.25) is 0 Å². The van der Waals surface area contributed by atoms with Crippen molar-refractivity contribution in [2.45, 2.75) is 6.42 Å². The van der Waals surface area contributed by atoms with E-state index in [1.165, 1.54) is 0 Å². The summed E-state index contributed by atoms with van der Waals surface area (Å²) in [6, 6.07) is 16.1. The molecule has 0 unspecified atom stereocenters. The summed E-state index contributed by atoms with van der Waals surface area (Å²) in [4.78, 5) is 25.0. The average molecular weight is 297 g/mol. The number of para-hydroxylation sites is 1. The smallest absolute Gasteiger partial charge is 0.323 e. The number of hydrogen-bond donors (Lipinski definition) is 2. The lowest BCUT2D eigenvalue weighted by atomic mass is 10.1. The van der Waals surface area contributed by atoms with Crippen molar-refractivity contribution >= 4 is 23.3 Å². The Morgan fingerprint density at radius 2 is 1.41 bits per heavy atom. The normalized spacial score (nSPS) is 9.91. The molecule has 114 valence electrons. The number of benzene rings is 2. The van der Waals surface area contributed by atoms with Crippen LogP contribution in [-0.4, -0.2) is 30.9 Å². The van der Waals surface area contributed by atoms with Crippen LogP contribution in [0.5, 0.6) is 0 Å². The quantitative estimate of drug-likeness (QED) is 0.911. The number of nitrogens with one attached hydrogen (secondary N) is 2. The van der Waals surface area contributed by atoms with Crippen molar-refractivity contribution in [2.75, 3.05) is 24.7 Å². The van der Waals surface area contributed by atoms with Crippen LogP contribution in [0.1, 0.15) is 5.56 Å². The Hall–Kier alpha value is -2.82. The molecule has 0 aromatic heterocycles. The van der Waals surface area contributed by atoms with Gasteiger partial charge in [0.25, 0.3) is 0 Å². The minimum atomic E-state index is -0.302. The predicted molar refractivity (Wildman–Crippen MR) is 87.9 cm³/mol. The number of anilines is 2. The van der Waals surface area contributed by atoms with Crippen molar-refractivity contribution in [2.24, 2.45) is 0 Å². The number of nitrogens with zero attached hydrogens (tertiary/aromatic N) is 1. The molecule has 0 aliphatic heterocycles. The zero-order valence-electron chi connectivity index (χ0n) is 12.7. The third-order valence-corrected chi connectivity index (χ3v) is 3.10. The van der Waals surface area contributed by atoms with Gasteiger partial charge in [-0.2, -0.15) is 0 Å². The molecular formula is C17H19N3O2. The van der Waals surface area contributed by atoms with Gasteiger partial charge in [0.2, 0.25) is 5.91 Å². The molecule has 5 nitrogen and oxygen atoms in total. The summed E-state index contributed by atoms with van der Waals surface area (Å²) in [6.07, 6.45) is 0.351. The van der Waals surface area contributed by atoms with E-state index >= 15 is 0 Å². The highest BCUT2D eigenvalue weighted by molar-refractivity contribution is 5.99. The predicted octanol–water partition coefficient (Wildman–Crippen LogP) is 2.96. The highest BCUT2D eigenvalue weighted by Gasteiger charge is 2.06. The van der Waals surface area contributed by atoms with Crippen molar-refractivity contribution in [3.05, 3.63) is 60.2 Å². The molecule has 0 saturated carbocycles. The van der Waals surface area contributed by atoms with Crippen LogP contribution < -0.4 is 10.6 Å². The molecule has 22 heavy (non-hydrogen) atoms. The summed E-state index contributed by atoms with van der Waals surface area (Å²) in [5, 5.41) is 5.49. The van der Waals surface area contributed by atoms with Crippen LogP contribution in [0.25, 0.3) is 0 Å². The van der Waals surface area contributed by atoms with Crippen LogP contribution in [0, 0.1) is 0 Å². The van der Waals surface area contributed by atoms with E-state index in [0.29, 0.717) is 12.1 Å². The molecule has 0 saturated heterocycles. The number of rotatable bonds is 4. The van der Waals surface area contributed by atoms with Gasteiger partial charge in [-0.15, -0.1) is 0 Å². The molecule has 0 aliphatic carbocycles. The number of carbonyl (C=O) groups is 2.